The van der Waals surface area contributed by atoms with Gasteiger partial charge in [-0.2, -0.15) is 0 Å². The number of benzene rings is 1. The lowest BCUT2D eigenvalue weighted by Crippen LogP contribution is -2.53. The van der Waals surface area contributed by atoms with Crippen LogP contribution in [0.4, 0.5) is 0 Å². The molecule has 1 aliphatic rings. The van der Waals surface area contributed by atoms with Gasteiger partial charge in [0.15, 0.2) is 5.96 Å². The molecule has 0 spiro atoms. The van der Waals surface area contributed by atoms with Crippen molar-refractivity contribution in [1.82, 2.24) is 15.5 Å². The number of hydrogen-bond donors (Lipinski definition) is 3. The molecule has 1 aromatic rings. The molecule has 0 saturated carbocycles. The molecule has 4 N–H and O–H groups in total. The molecule has 10 heteroatoms. The Kier molecular flexibility index (Phi) is 12.9. The molecule has 0 aromatic heterocycles. The number of ether oxygens (including phenoxy) is 1. The first-order valence-electron chi connectivity index (χ1n) is 10.8. The van der Waals surface area contributed by atoms with Crippen molar-refractivity contribution in [3.05, 3.63) is 29.8 Å². The number of hydrogen-bond acceptors (Lipinski definition) is 5. The van der Waals surface area contributed by atoms with Crippen LogP contribution in [0.2, 0.25) is 0 Å². The number of primary sulfonamides is 1. The van der Waals surface area contributed by atoms with Crippen LogP contribution in [0.5, 0.6) is 0 Å². The van der Waals surface area contributed by atoms with Crippen LogP contribution in [-0.4, -0.2) is 64.7 Å². The average molecular weight is 568 g/mol. The number of halogens is 1. The number of guanidine groups is 1. The van der Waals surface area contributed by atoms with Crippen molar-refractivity contribution in [3.8, 4) is 0 Å². The lowest BCUT2D eigenvalue weighted by Gasteiger charge is -2.39. The van der Waals surface area contributed by atoms with Gasteiger partial charge in [0.2, 0.25) is 10.0 Å². The van der Waals surface area contributed by atoms with Crippen molar-refractivity contribution in [2.75, 3.05) is 39.4 Å². The Hall–Kier alpha value is -0.950. The smallest absolute Gasteiger partial charge is 0.238 e. The Bertz CT molecular complexity index is 781. The van der Waals surface area contributed by atoms with Gasteiger partial charge >= 0.3 is 0 Å². The molecule has 1 fully saturated rings. The van der Waals surface area contributed by atoms with Gasteiger partial charge in [0.1, 0.15) is 0 Å². The second-order valence-corrected chi connectivity index (χ2v) is 9.12. The minimum Gasteiger partial charge on any atom is -0.379 e. The molecular formula is C21H38IN5O3S. The van der Waals surface area contributed by atoms with Gasteiger partial charge in [-0.25, -0.2) is 18.5 Å². The number of nitrogens with one attached hydrogen (secondary N) is 2. The summed E-state index contributed by atoms with van der Waals surface area (Å²) in [5.74, 6) is 1.33. The van der Waals surface area contributed by atoms with E-state index in [2.05, 4.69) is 34.4 Å². The Labute approximate surface area is 204 Å². The fourth-order valence-electron chi connectivity index (χ4n) is 3.87. The normalized spacial score (nSPS) is 16.6. The van der Waals surface area contributed by atoms with E-state index in [1.807, 2.05) is 13.0 Å². The second kappa shape index (κ2) is 14.2. The van der Waals surface area contributed by atoms with Crippen LogP contribution in [0, 0.1) is 5.92 Å². The molecule has 178 valence electrons. The van der Waals surface area contributed by atoms with Gasteiger partial charge in [0.05, 0.1) is 24.7 Å². The summed E-state index contributed by atoms with van der Waals surface area (Å²) in [6.07, 6.45) is 2.27. The summed E-state index contributed by atoms with van der Waals surface area (Å²) < 4.78 is 28.7. The zero-order valence-corrected chi connectivity index (χ0v) is 22.0. The highest BCUT2D eigenvalue weighted by molar-refractivity contribution is 14.0. The first kappa shape index (κ1) is 28.1. The summed E-state index contributed by atoms with van der Waals surface area (Å²) in [7, 11) is -3.72. The molecule has 1 unspecified atom stereocenters. The minimum atomic E-state index is -3.72. The largest absolute Gasteiger partial charge is 0.379 e. The van der Waals surface area contributed by atoms with E-state index < -0.39 is 10.0 Å². The molecule has 1 saturated heterocycles. The van der Waals surface area contributed by atoms with E-state index in [4.69, 9.17) is 9.88 Å². The van der Waals surface area contributed by atoms with Gasteiger partial charge in [-0.05, 0) is 30.5 Å². The molecule has 1 atom stereocenters. The molecule has 8 nitrogen and oxygen atoms in total. The average Bonchev–Trinajstić information content (AvgIpc) is 2.75. The molecule has 0 aliphatic carbocycles. The van der Waals surface area contributed by atoms with E-state index >= 15 is 0 Å². The number of aliphatic imine (C=N–C) groups is 1. The highest BCUT2D eigenvalue weighted by Crippen LogP contribution is 2.19. The van der Waals surface area contributed by atoms with Crippen molar-refractivity contribution < 1.29 is 13.2 Å². The van der Waals surface area contributed by atoms with Gasteiger partial charge in [0, 0.05) is 32.2 Å². The van der Waals surface area contributed by atoms with E-state index in [-0.39, 0.29) is 28.9 Å². The maximum Gasteiger partial charge on any atom is 0.238 e. The van der Waals surface area contributed by atoms with Gasteiger partial charge in [-0.1, -0.05) is 38.8 Å². The fraction of sp³-hybridized carbons (Fsp3) is 0.667. The van der Waals surface area contributed by atoms with Crippen molar-refractivity contribution in [1.29, 1.82) is 0 Å². The lowest BCUT2D eigenvalue weighted by atomic mass is 9.92. The summed E-state index contributed by atoms with van der Waals surface area (Å²) in [4.78, 5) is 7.28. The van der Waals surface area contributed by atoms with Crippen LogP contribution >= 0.6 is 24.0 Å². The highest BCUT2D eigenvalue weighted by atomic mass is 127. The molecular weight excluding hydrogens is 529 g/mol. The number of rotatable bonds is 10. The van der Waals surface area contributed by atoms with Gasteiger partial charge in [-0.15, -0.1) is 24.0 Å². The van der Waals surface area contributed by atoms with Crippen molar-refractivity contribution in [3.63, 3.8) is 0 Å². The molecule has 1 aliphatic heterocycles. The summed E-state index contributed by atoms with van der Waals surface area (Å²) in [5, 5.41) is 12.0. The standard InChI is InChI=1S/C21H37N5O3S.HI/c1-4-18(5-2)20(26-10-12-29-13-11-26)16-25-21(23-6-3)24-15-17-8-7-9-19(14-17)30(22,27)28;/h7-9,14,18,20H,4-6,10-13,15-16H2,1-3H3,(H2,22,27,28)(H2,23,24,25);1H. The predicted molar refractivity (Wildman–Crippen MR) is 136 cm³/mol. The number of nitrogens with zero attached hydrogens (tertiary/aromatic N) is 2. The third-order valence-corrected chi connectivity index (χ3v) is 6.49. The fourth-order valence-corrected chi connectivity index (χ4v) is 4.45. The lowest BCUT2D eigenvalue weighted by molar-refractivity contribution is 0.00272. The predicted octanol–water partition coefficient (Wildman–Crippen LogP) is 2.14. The summed E-state index contributed by atoms with van der Waals surface area (Å²) in [5.41, 5.74) is 0.795. The van der Waals surface area contributed by atoms with Gasteiger partial charge in [0.25, 0.3) is 0 Å². The molecule has 0 radical (unpaired) electrons. The zero-order chi connectivity index (χ0) is 22.0. The van der Waals surface area contributed by atoms with Crippen LogP contribution in [0.15, 0.2) is 34.2 Å². The Balaban J connectivity index is 0.00000480. The quantitative estimate of drug-likeness (QED) is 0.227. The highest BCUT2D eigenvalue weighted by Gasteiger charge is 2.27. The summed E-state index contributed by atoms with van der Waals surface area (Å²) in [6, 6.07) is 7.02. The van der Waals surface area contributed by atoms with Crippen molar-refractivity contribution in [2.24, 2.45) is 16.0 Å². The van der Waals surface area contributed by atoms with Gasteiger partial charge < -0.3 is 15.4 Å². The number of sulfonamides is 1. The van der Waals surface area contributed by atoms with E-state index in [1.54, 1.807) is 12.1 Å². The third-order valence-electron chi connectivity index (χ3n) is 5.58. The van der Waals surface area contributed by atoms with E-state index in [1.165, 1.54) is 6.07 Å². The van der Waals surface area contributed by atoms with Crippen LogP contribution < -0.4 is 15.8 Å². The molecule has 2 rings (SSSR count). The first-order valence-corrected chi connectivity index (χ1v) is 12.4. The third kappa shape index (κ3) is 9.21. The van der Waals surface area contributed by atoms with Crippen LogP contribution in [0.25, 0.3) is 0 Å². The number of nitrogens with two attached hydrogens (primary N) is 1. The molecule has 0 bridgehead atoms. The SMILES string of the molecule is CCNC(=NCc1cccc(S(N)(=O)=O)c1)NCC(C(CC)CC)N1CCOCC1.I. The zero-order valence-electron chi connectivity index (χ0n) is 18.8. The summed E-state index contributed by atoms with van der Waals surface area (Å²) >= 11 is 0. The monoisotopic (exact) mass is 567 g/mol. The Morgan fingerprint density at radius 3 is 2.45 bits per heavy atom. The first-order chi connectivity index (χ1) is 14.4. The Morgan fingerprint density at radius 2 is 1.87 bits per heavy atom. The van der Waals surface area contributed by atoms with Crippen molar-refractivity contribution >= 4 is 40.0 Å². The van der Waals surface area contributed by atoms with Crippen molar-refractivity contribution in [2.45, 2.75) is 51.1 Å². The summed E-state index contributed by atoms with van der Waals surface area (Å²) in [6.45, 7) is 11.9. The Morgan fingerprint density at radius 1 is 1.19 bits per heavy atom. The van der Waals surface area contributed by atoms with Crippen LogP contribution in [-0.2, 0) is 21.3 Å². The van der Waals surface area contributed by atoms with Crippen LogP contribution in [0.1, 0.15) is 39.2 Å². The maximum absolute atomic E-state index is 11.6. The molecule has 1 aromatic carbocycles. The molecule has 0 amide bonds. The van der Waals surface area contributed by atoms with Crippen LogP contribution in [0.3, 0.4) is 0 Å². The minimum absolute atomic E-state index is 0. The topological polar surface area (TPSA) is 109 Å². The maximum atomic E-state index is 11.6. The van der Waals surface area contributed by atoms with E-state index in [0.29, 0.717) is 18.5 Å². The number of morpholine rings is 1. The van der Waals surface area contributed by atoms with E-state index in [0.717, 1.165) is 63.8 Å². The van der Waals surface area contributed by atoms with E-state index in [9.17, 15) is 8.42 Å². The molecule has 1 heterocycles. The second-order valence-electron chi connectivity index (χ2n) is 7.56. The van der Waals surface area contributed by atoms with Gasteiger partial charge in [-0.3, -0.25) is 4.90 Å². The molecule has 31 heavy (non-hydrogen) atoms.